The molecule has 0 saturated carbocycles. The van der Waals surface area contributed by atoms with Gasteiger partial charge in [-0.2, -0.15) is 13.2 Å². The second-order valence-electron chi connectivity index (χ2n) is 5.01. The van der Waals surface area contributed by atoms with Crippen molar-refractivity contribution in [2.75, 3.05) is 7.11 Å². The van der Waals surface area contributed by atoms with E-state index in [0.29, 0.717) is 17.7 Å². The predicted molar refractivity (Wildman–Crippen MR) is 65.2 cm³/mol. The van der Waals surface area contributed by atoms with E-state index in [1.54, 1.807) is 0 Å². The highest BCUT2D eigenvalue weighted by Gasteiger charge is 2.39. The van der Waals surface area contributed by atoms with Crippen LogP contribution in [0.3, 0.4) is 0 Å². The Hall–Kier alpha value is -1.23. The Labute approximate surface area is 110 Å². The largest absolute Gasteiger partial charge is 0.496 e. The van der Waals surface area contributed by atoms with E-state index in [-0.39, 0.29) is 18.1 Å². The Morgan fingerprint density at radius 3 is 2.47 bits per heavy atom. The second-order valence-corrected chi connectivity index (χ2v) is 5.01. The zero-order chi connectivity index (χ0) is 14.2. The summed E-state index contributed by atoms with van der Waals surface area (Å²) in [5, 5.41) is 0. The van der Waals surface area contributed by atoms with Crippen LogP contribution in [0.1, 0.15) is 25.0 Å². The van der Waals surface area contributed by atoms with Gasteiger partial charge in [0.25, 0.3) is 0 Å². The molecule has 5 heteroatoms. The number of halogens is 3. The highest BCUT2D eigenvalue weighted by Crippen LogP contribution is 2.36. The molecule has 3 atom stereocenters. The van der Waals surface area contributed by atoms with Crippen LogP contribution < -0.4 is 4.74 Å². The van der Waals surface area contributed by atoms with Gasteiger partial charge in [-0.15, -0.1) is 0 Å². The van der Waals surface area contributed by atoms with E-state index in [1.165, 1.54) is 19.2 Å². The average Bonchev–Trinajstić information content (AvgIpc) is 3.05. The molecule has 1 saturated heterocycles. The highest BCUT2D eigenvalue weighted by molar-refractivity contribution is 5.38. The van der Waals surface area contributed by atoms with Crippen LogP contribution in [0.2, 0.25) is 0 Å². The van der Waals surface area contributed by atoms with E-state index < -0.39 is 11.7 Å². The number of hydrogen-bond acceptors (Lipinski definition) is 2. The van der Waals surface area contributed by atoms with Gasteiger partial charge in [0.05, 0.1) is 24.9 Å². The number of methoxy groups -OCH3 is 1. The molecule has 1 heterocycles. The normalized spacial score (nSPS) is 24.1. The molecule has 1 aliphatic rings. The van der Waals surface area contributed by atoms with Gasteiger partial charge in [-0.3, -0.25) is 0 Å². The van der Waals surface area contributed by atoms with Crippen molar-refractivity contribution in [3.63, 3.8) is 0 Å². The number of hydrogen-bond donors (Lipinski definition) is 0. The molecule has 0 N–H and O–H groups in total. The van der Waals surface area contributed by atoms with Gasteiger partial charge in [0, 0.05) is 0 Å². The molecule has 1 aromatic carbocycles. The maximum absolute atomic E-state index is 12.7. The summed E-state index contributed by atoms with van der Waals surface area (Å²) in [7, 11) is 1.47. The van der Waals surface area contributed by atoms with Crippen molar-refractivity contribution in [1.82, 2.24) is 0 Å². The molecular formula is C14H17F3O2. The third-order valence-corrected chi connectivity index (χ3v) is 3.47. The summed E-state index contributed by atoms with van der Waals surface area (Å²) < 4.78 is 48.6. The lowest BCUT2D eigenvalue weighted by Crippen LogP contribution is -2.12. The van der Waals surface area contributed by atoms with Crippen molar-refractivity contribution < 1.29 is 22.6 Å². The molecule has 106 valence electrons. The van der Waals surface area contributed by atoms with E-state index in [4.69, 9.17) is 9.47 Å². The summed E-state index contributed by atoms with van der Waals surface area (Å²) in [4.78, 5) is 0. The zero-order valence-corrected chi connectivity index (χ0v) is 11.1. The lowest BCUT2D eigenvalue weighted by molar-refractivity contribution is -0.137. The third-order valence-electron chi connectivity index (χ3n) is 3.47. The highest BCUT2D eigenvalue weighted by atomic mass is 19.4. The van der Waals surface area contributed by atoms with Gasteiger partial charge in [0.1, 0.15) is 5.75 Å². The van der Waals surface area contributed by atoms with Crippen molar-refractivity contribution in [1.29, 1.82) is 0 Å². The fourth-order valence-electron chi connectivity index (χ4n) is 2.38. The van der Waals surface area contributed by atoms with Crippen molar-refractivity contribution >= 4 is 0 Å². The Balaban J connectivity index is 2.21. The predicted octanol–water partition coefficient (Wildman–Crippen LogP) is 3.68. The van der Waals surface area contributed by atoms with Gasteiger partial charge in [0.15, 0.2) is 0 Å². The Morgan fingerprint density at radius 1 is 1.37 bits per heavy atom. The first-order valence-electron chi connectivity index (χ1n) is 6.22. The molecule has 0 aromatic heterocycles. The van der Waals surface area contributed by atoms with Crippen LogP contribution in [0.5, 0.6) is 5.75 Å². The van der Waals surface area contributed by atoms with Gasteiger partial charge in [-0.05, 0) is 43.0 Å². The monoisotopic (exact) mass is 274 g/mol. The Morgan fingerprint density at radius 2 is 2.00 bits per heavy atom. The van der Waals surface area contributed by atoms with Gasteiger partial charge >= 0.3 is 6.18 Å². The van der Waals surface area contributed by atoms with Gasteiger partial charge in [0.2, 0.25) is 0 Å². The van der Waals surface area contributed by atoms with Crippen LogP contribution in [0.15, 0.2) is 18.2 Å². The molecule has 1 aliphatic heterocycles. The first-order valence-corrected chi connectivity index (χ1v) is 6.22. The van der Waals surface area contributed by atoms with Crippen LogP contribution in [0, 0.1) is 5.92 Å². The van der Waals surface area contributed by atoms with Crippen LogP contribution in [0.25, 0.3) is 0 Å². The second kappa shape index (κ2) is 5.04. The fraction of sp³-hybridized carbons (Fsp3) is 0.571. The minimum Gasteiger partial charge on any atom is -0.496 e. The topological polar surface area (TPSA) is 21.8 Å². The minimum absolute atomic E-state index is 0.138. The van der Waals surface area contributed by atoms with Crippen molar-refractivity contribution in [2.45, 2.75) is 38.7 Å². The van der Waals surface area contributed by atoms with E-state index >= 15 is 0 Å². The molecular weight excluding hydrogens is 257 g/mol. The first kappa shape index (κ1) is 14.2. The molecule has 0 amide bonds. The van der Waals surface area contributed by atoms with Crippen LogP contribution >= 0.6 is 0 Å². The number of ether oxygens (including phenoxy) is 2. The number of rotatable bonds is 4. The molecule has 2 rings (SSSR count). The summed E-state index contributed by atoms with van der Waals surface area (Å²) in [5.41, 5.74) is -0.0622. The van der Waals surface area contributed by atoms with Crippen molar-refractivity contribution in [3.05, 3.63) is 29.3 Å². The summed E-state index contributed by atoms with van der Waals surface area (Å²) >= 11 is 0. The fourth-order valence-corrected chi connectivity index (χ4v) is 2.38. The van der Waals surface area contributed by atoms with Gasteiger partial charge < -0.3 is 9.47 Å². The molecule has 0 bridgehead atoms. The average molecular weight is 274 g/mol. The Kier molecular flexibility index (Phi) is 3.76. The molecule has 19 heavy (non-hydrogen) atoms. The van der Waals surface area contributed by atoms with E-state index in [1.807, 2.05) is 13.8 Å². The summed E-state index contributed by atoms with van der Waals surface area (Å²) in [5.74, 6) is 0.667. The molecule has 1 fully saturated rings. The maximum Gasteiger partial charge on any atom is 0.416 e. The van der Waals surface area contributed by atoms with E-state index in [0.717, 1.165) is 6.07 Å². The molecule has 2 nitrogen and oxygen atoms in total. The zero-order valence-electron chi connectivity index (χ0n) is 11.1. The van der Waals surface area contributed by atoms with Gasteiger partial charge in [-0.1, -0.05) is 6.92 Å². The van der Waals surface area contributed by atoms with Crippen LogP contribution in [-0.2, 0) is 17.3 Å². The molecule has 3 unspecified atom stereocenters. The molecule has 0 spiro atoms. The number of benzene rings is 1. The smallest absolute Gasteiger partial charge is 0.416 e. The third kappa shape index (κ3) is 3.21. The maximum atomic E-state index is 12.7. The van der Waals surface area contributed by atoms with Crippen LogP contribution in [-0.4, -0.2) is 19.3 Å². The summed E-state index contributed by atoms with van der Waals surface area (Å²) in [6, 6.07) is 3.59. The van der Waals surface area contributed by atoms with E-state index in [2.05, 4.69) is 0 Å². The first-order chi connectivity index (χ1) is 8.82. The lowest BCUT2D eigenvalue weighted by Gasteiger charge is -2.15. The van der Waals surface area contributed by atoms with Gasteiger partial charge in [-0.25, -0.2) is 0 Å². The standard InChI is InChI=1S/C14H17F3O2/c1-8(13-9(2)19-13)6-10-7-11(14(15,16)17)4-5-12(10)18-3/h4-5,7-9,13H,6H2,1-3H3. The van der Waals surface area contributed by atoms with Crippen LogP contribution in [0.4, 0.5) is 13.2 Å². The molecule has 1 aromatic rings. The lowest BCUT2D eigenvalue weighted by atomic mass is 9.95. The number of epoxide rings is 1. The van der Waals surface area contributed by atoms with Crippen molar-refractivity contribution in [3.8, 4) is 5.75 Å². The molecule has 0 radical (unpaired) electrons. The summed E-state index contributed by atoms with van der Waals surface area (Å²) in [6.07, 6.45) is -3.47. The SMILES string of the molecule is COc1ccc(C(F)(F)F)cc1CC(C)C1OC1C. The minimum atomic E-state index is -4.33. The number of alkyl halides is 3. The summed E-state index contributed by atoms with van der Waals surface area (Å²) in [6.45, 7) is 3.94. The van der Waals surface area contributed by atoms with Crippen molar-refractivity contribution in [2.24, 2.45) is 5.92 Å². The molecule has 0 aliphatic carbocycles. The van der Waals surface area contributed by atoms with E-state index in [9.17, 15) is 13.2 Å². The quantitative estimate of drug-likeness (QED) is 0.781. The Bertz CT molecular complexity index is 456.